The number of aliphatic carboxylic acids is 1. The number of rotatable bonds is 9. The van der Waals surface area contributed by atoms with Gasteiger partial charge in [-0.3, -0.25) is 15.0 Å². The molecule has 4 N–H and O–H groups in total. The van der Waals surface area contributed by atoms with Crippen molar-refractivity contribution in [2.75, 3.05) is 13.1 Å². The van der Waals surface area contributed by atoms with Crippen LogP contribution in [0.1, 0.15) is 75.3 Å². The molecule has 0 heterocycles. The van der Waals surface area contributed by atoms with Crippen LogP contribution in [0, 0.1) is 23.2 Å². The van der Waals surface area contributed by atoms with Crippen LogP contribution in [-0.2, 0) is 16.0 Å². The van der Waals surface area contributed by atoms with Crippen molar-refractivity contribution in [2.24, 2.45) is 23.5 Å². The van der Waals surface area contributed by atoms with Gasteiger partial charge in [-0.15, -0.1) is 0 Å². The highest BCUT2D eigenvalue weighted by Gasteiger charge is 2.34. The van der Waals surface area contributed by atoms with Crippen LogP contribution < -0.4 is 5.73 Å². The van der Waals surface area contributed by atoms with E-state index in [0.29, 0.717) is 30.4 Å². The molecule has 0 bridgehead atoms. The summed E-state index contributed by atoms with van der Waals surface area (Å²) in [4.78, 5) is 27.0. The van der Waals surface area contributed by atoms with E-state index in [9.17, 15) is 14.7 Å². The number of amidine groups is 1. The summed E-state index contributed by atoms with van der Waals surface area (Å²) in [5.74, 6) is -0.360. The van der Waals surface area contributed by atoms with Crippen molar-refractivity contribution in [1.29, 1.82) is 5.41 Å². The molecule has 2 aliphatic carbocycles. The molecule has 3 rings (SSSR count). The van der Waals surface area contributed by atoms with E-state index < -0.39 is 5.97 Å². The lowest BCUT2D eigenvalue weighted by Crippen LogP contribution is -2.45. The van der Waals surface area contributed by atoms with Gasteiger partial charge in [0.05, 0.1) is 0 Å². The number of carboxylic acid groups (broad SMARTS) is 1. The molecule has 31 heavy (non-hydrogen) atoms. The Balaban J connectivity index is 1.79. The smallest absolute Gasteiger partial charge is 0.323 e. The van der Waals surface area contributed by atoms with Crippen LogP contribution in [0.25, 0.3) is 0 Å². The monoisotopic (exact) mass is 427 g/mol. The lowest BCUT2D eigenvalue weighted by Gasteiger charge is -2.35. The Bertz CT molecular complexity index is 750. The number of benzene rings is 1. The molecule has 0 radical (unpaired) electrons. The first-order valence-corrected chi connectivity index (χ1v) is 11.9. The third-order valence-corrected chi connectivity index (χ3v) is 7.10. The van der Waals surface area contributed by atoms with Gasteiger partial charge in [0.15, 0.2) is 0 Å². The van der Waals surface area contributed by atoms with Crippen LogP contribution in [0.2, 0.25) is 0 Å². The summed E-state index contributed by atoms with van der Waals surface area (Å²) in [5.41, 5.74) is 7.29. The topological polar surface area (TPSA) is 107 Å². The summed E-state index contributed by atoms with van der Waals surface area (Å²) in [6.07, 6.45) is 11.9. The lowest BCUT2D eigenvalue weighted by atomic mass is 9.76. The van der Waals surface area contributed by atoms with Gasteiger partial charge in [0.25, 0.3) is 0 Å². The van der Waals surface area contributed by atoms with Crippen molar-refractivity contribution in [1.82, 2.24) is 4.90 Å². The molecule has 0 aromatic heterocycles. The zero-order valence-corrected chi connectivity index (χ0v) is 18.5. The predicted octanol–water partition coefficient (Wildman–Crippen LogP) is 4.20. The molecule has 2 saturated carbocycles. The van der Waals surface area contributed by atoms with Crippen molar-refractivity contribution < 1.29 is 14.7 Å². The van der Waals surface area contributed by atoms with E-state index in [1.54, 1.807) is 4.90 Å². The third-order valence-electron chi connectivity index (χ3n) is 7.10. The van der Waals surface area contributed by atoms with Crippen LogP contribution in [0.3, 0.4) is 0 Å². The third kappa shape index (κ3) is 6.81. The molecular weight excluding hydrogens is 390 g/mol. The number of hydrogen-bond donors (Lipinski definition) is 3. The van der Waals surface area contributed by atoms with Crippen molar-refractivity contribution in [3.8, 4) is 0 Å². The molecule has 0 aliphatic heterocycles. The molecule has 1 amide bonds. The number of carboxylic acids is 1. The normalized spacial score (nSPS) is 19.0. The van der Waals surface area contributed by atoms with Gasteiger partial charge in [0.2, 0.25) is 5.91 Å². The van der Waals surface area contributed by atoms with Crippen molar-refractivity contribution >= 4 is 17.7 Å². The van der Waals surface area contributed by atoms with E-state index in [1.165, 1.54) is 25.7 Å². The summed E-state index contributed by atoms with van der Waals surface area (Å²) in [5, 5.41) is 17.1. The number of nitrogens with zero attached hydrogens (tertiary/aromatic N) is 1. The van der Waals surface area contributed by atoms with E-state index in [1.807, 2.05) is 24.3 Å². The zero-order chi connectivity index (χ0) is 22.2. The van der Waals surface area contributed by atoms with Crippen molar-refractivity contribution in [2.45, 2.75) is 70.6 Å². The highest BCUT2D eigenvalue weighted by atomic mass is 16.4. The maximum atomic E-state index is 13.7. The number of nitrogens with two attached hydrogens (primary N) is 1. The highest BCUT2D eigenvalue weighted by Crippen LogP contribution is 2.34. The quantitative estimate of drug-likeness (QED) is 0.405. The highest BCUT2D eigenvalue weighted by molar-refractivity contribution is 5.94. The fourth-order valence-corrected chi connectivity index (χ4v) is 5.38. The van der Waals surface area contributed by atoms with Crippen LogP contribution in [0.5, 0.6) is 0 Å². The van der Waals surface area contributed by atoms with E-state index in [-0.39, 0.29) is 24.2 Å². The maximum Gasteiger partial charge on any atom is 0.323 e. The second-order valence-electron chi connectivity index (χ2n) is 9.44. The van der Waals surface area contributed by atoms with Gasteiger partial charge >= 0.3 is 5.97 Å². The Hall–Kier alpha value is -2.37. The zero-order valence-electron chi connectivity index (χ0n) is 18.5. The first-order chi connectivity index (χ1) is 14.9. The van der Waals surface area contributed by atoms with E-state index in [0.717, 1.165) is 44.1 Å². The number of carbonyl (C=O) groups excluding carboxylic acids is 1. The number of hydrogen-bond acceptors (Lipinski definition) is 3. The van der Waals surface area contributed by atoms with Crippen LogP contribution in [0.15, 0.2) is 24.3 Å². The first-order valence-electron chi connectivity index (χ1n) is 11.9. The molecule has 1 atom stereocenters. The summed E-state index contributed by atoms with van der Waals surface area (Å²) >= 11 is 0. The summed E-state index contributed by atoms with van der Waals surface area (Å²) in [7, 11) is 0. The van der Waals surface area contributed by atoms with Gasteiger partial charge in [0.1, 0.15) is 12.4 Å². The molecule has 1 aromatic carbocycles. The van der Waals surface area contributed by atoms with Crippen LogP contribution in [-0.4, -0.2) is 40.8 Å². The van der Waals surface area contributed by atoms with E-state index in [4.69, 9.17) is 11.1 Å². The molecule has 2 fully saturated rings. The molecule has 2 aliphatic rings. The minimum atomic E-state index is -0.933. The molecule has 0 unspecified atom stereocenters. The first kappa shape index (κ1) is 23.3. The second-order valence-corrected chi connectivity index (χ2v) is 9.44. The van der Waals surface area contributed by atoms with Gasteiger partial charge in [-0.1, -0.05) is 62.8 Å². The lowest BCUT2D eigenvalue weighted by molar-refractivity contribution is -0.148. The molecule has 0 spiro atoms. The fourth-order valence-electron chi connectivity index (χ4n) is 5.38. The molecule has 1 aromatic rings. The standard InChI is InChI=1S/C25H37N3O3/c26-24(27)21-13-11-18(12-14-21)15-22(20-9-5-2-6-10-20)25(31)28(17-23(29)30)16-19-7-3-1-4-8-19/h11-14,19-20,22H,1-10,15-17H2,(H3,26,27)(H,29,30)/t22-/m0/s1. The summed E-state index contributed by atoms with van der Waals surface area (Å²) < 4.78 is 0. The van der Waals surface area contributed by atoms with Crippen molar-refractivity contribution in [3.05, 3.63) is 35.4 Å². The molecular formula is C25H37N3O3. The summed E-state index contributed by atoms with van der Waals surface area (Å²) in [6.45, 7) is 0.361. The van der Waals surface area contributed by atoms with E-state index >= 15 is 0 Å². The Morgan fingerprint density at radius 1 is 1.00 bits per heavy atom. The summed E-state index contributed by atoms with van der Waals surface area (Å²) in [6, 6.07) is 7.55. The number of nitrogens with one attached hydrogen (secondary N) is 1. The van der Waals surface area contributed by atoms with Crippen LogP contribution >= 0.6 is 0 Å². The number of amides is 1. The van der Waals surface area contributed by atoms with Crippen molar-refractivity contribution in [3.63, 3.8) is 0 Å². The Labute approximate surface area is 185 Å². The minimum absolute atomic E-state index is 0.00974. The Morgan fingerprint density at radius 2 is 1.58 bits per heavy atom. The van der Waals surface area contributed by atoms with Gasteiger partial charge in [-0.2, -0.15) is 0 Å². The minimum Gasteiger partial charge on any atom is -0.480 e. The molecule has 6 nitrogen and oxygen atoms in total. The fraction of sp³-hybridized carbons (Fsp3) is 0.640. The van der Waals surface area contributed by atoms with Gasteiger partial charge in [-0.25, -0.2) is 0 Å². The predicted molar refractivity (Wildman–Crippen MR) is 122 cm³/mol. The van der Waals surface area contributed by atoms with Gasteiger partial charge in [-0.05, 0) is 49.5 Å². The molecule has 0 saturated heterocycles. The Morgan fingerprint density at radius 3 is 2.13 bits per heavy atom. The molecule has 6 heteroatoms. The second kappa shape index (κ2) is 11.3. The Kier molecular flexibility index (Phi) is 8.50. The van der Waals surface area contributed by atoms with Gasteiger partial charge < -0.3 is 15.7 Å². The number of nitrogen functional groups attached to an aromatic ring is 1. The van der Waals surface area contributed by atoms with Crippen LogP contribution in [0.4, 0.5) is 0 Å². The number of carbonyl (C=O) groups is 2. The SMILES string of the molecule is N=C(N)c1ccc(C[C@H](C(=O)N(CC(=O)O)CC2CCCCC2)C2CCCCC2)cc1. The van der Waals surface area contributed by atoms with Gasteiger partial charge in [0, 0.05) is 18.0 Å². The molecule has 170 valence electrons. The largest absolute Gasteiger partial charge is 0.480 e. The maximum absolute atomic E-state index is 13.7. The average Bonchev–Trinajstić information content (AvgIpc) is 2.78. The van der Waals surface area contributed by atoms with E-state index in [2.05, 4.69) is 0 Å². The average molecular weight is 428 g/mol.